The number of rotatable bonds is 8. The van der Waals surface area contributed by atoms with Gasteiger partial charge in [0.05, 0.1) is 11.4 Å². The summed E-state index contributed by atoms with van der Waals surface area (Å²) in [5.74, 6) is -0.256. The largest absolute Gasteiger partial charge is 0.472 e. The molecule has 2 heterocycles. The summed E-state index contributed by atoms with van der Waals surface area (Å²) in [6.07, 6.45) is -1.49. The van der Waals surface area contributed by atoms with Gasteiger partial charge in [-0.1, -0.05) is 12.1 Å². The minimum atomic E-state index is -2.60. The van der Waals surface area contributed by atoms with Gasteiger partial charge in [-0.15, -0.1) is 10.2 Å². The maximum atomic E-state index is 12.8. The van der Waals surface area contributed by atoms with E-state index in [4.69, 9.17) is 10.5 Å². The predicted molar refractivity (Wildman–Crippen MR) is 114 cm³/mol. The zero-order valence-electron chi connectivity index (χ0n) is 17.4. The van der Waals surface area contributed by atoms with E-state index in [1.54, 1.807) is 43.3 Å². The van der Waals surface area contributed by atoms with Gasteiger partial charge < -0.3 is 10.5 Å². The second kappa shape index (κ2) is 10.3. The Labute approximate surface area is 182 Å². The van der Waals surface area contributed by atoms with Crippen LogP contribution in [-0.2, 0) is 0 Å². The Morgan fingerprint density at radius 1 is 1.16 bits per heavy atom. The van der Waals surface area contributed by atoms with Crippen LogP contribution in [0.5, 0.6) is 5.88 Å². The number of alkyl halides is 2. The van der Waals surface area contributed by atoms with Crippen molar-refractivity contribution < 1.29 is 18.3 Å². The van der Waals surface area contributed by atoms with Crippen LogP contribution in [0.4, 0.5) is 8.78 Å². The van der Waals surface area contributed by atoms with Crippen molar-refractivity contribution in [1.82, 2.24) is 15.2 Å². The fourth-order valence-electron chi connectivity index (χ4n) is 2.76. The van der Waals surface area contributed by atoms with E-state index in [1.165, 1.54) is 19.2 Å². The number of aromatic nitrogens is 3. The molecule has 0 spiro atoms. The summed E-state index contributed by atoms with van der Waals surface area (Å²) in [6.45, 7) is 1.88. The Morgan fingerprint density at radius 2 is 1.97 bits per heavy atom. The van der Waals surface area contributed by atoms with Gasteiger partial charge in [0, 0.05) is 36.0 Å². The van der Waals surface area contributed by atoms with Gasteiger partial charge in [-0.2, -0.15) is 10.2 Å². The summed E-state index contributed by atoms with van der Waals surface area (Å²) in [5.41, 5.74) is 8.25. The molecule has 3 rings (SSSR count). The number of hydrogen-bond acceptors (Lipinski definition) is 7. The highest BCUT2D eigenvalue weighted by molar-refractivity contribution is 5.93. The Bertz CT molecular complexity index is 1150. The van der Waals surface area contributed by atoms with Gasteiger partial charge in [-0.05, 0) is 42.8 Å². The fourth-order valence-corrected chi connectivity index (χ4v) is 2.76. The molecular formula is C22H20F2N6O2. The molecule has 0 aliphatic rings. The molecule has 1 aromatic carbocycles. The van der Waals surface area contributed by atoms with Crippen molar-refractivity contribution in [3.63, 3.8) is 0 Å². The average Bonchev–Trinajstić information content (AvgIpc) is 2.81. The van der Waals surface area contributed by atoms with Crippen LogP contribution in [0.1, 0.15) is 35.0 Å². The minimum absolute atomic E-state index is 0.109. The molecule has 0 bridgehead atoms. The van der Waals surface area contributed by atoms with Crippen LogP contribution in [0, 0.1) is 0 Å². The molecule has 0 aliphatic heterocycles. The van der Waals surface area contributed by atoms with E-state index >= 15 is 0 Å². The maximum absolute atomic E-state index is 12.8. The third-order valence-corrected chi connectivity index (χ3v) is 4.40. The fraction of sp³-hybridized carbons (Fsp3) is 0.182. The van der Waals surface area contributed by atoms with Crippen molar-refractivity contribution in [1.29, 1.82) is 0 Å². The van der Waals surface area contributed by atoms with Gasteiger partial charge in [-0.3, -0.25) is 9.78 Å². The normalized spacial score (nSPS) is 12.2. The smallest absolute Gasteiger partial charge is 0.265 e. The second-order valence-corrected chi connectivity index (χ2v) is 6.70. The summed E-state index contributed by atoms with van der Waals surface area (Å²) < 4.78 is 31.2. The average molecular weight is 438 g/mol. The van der Waals surface area contributed by atoms with Crippen LogP contribution in [0.2, 0.25) is 0 Å². The lowest BCUT2D eigenvalue weighted by Gasteiger charge is -2.09. The number of benzene rings is 1. The highest BCUT2D eigenvalue weighted by Gasteiger charge is 2.12. The molecule has 10 heteroatoms. The summed E-state index contributed by atoms with van der Waals surface area (Å²) in [5, 5.41) is 16.0. The first kappa shape index (κ1) is 22.6. The van der Waals surface area contributed by atoms with Crippen molar-refractivity contribution in [3.05, 3.63) is 77.1 Å². The second-order valence-electron chi connectivity index (χ2n) is 6.70. The molecule has 32 heavy (non-hydrogen) atoms. The van der Waals surface area contributed by atoms with Crippen molar-refractivity contribution in [2.75, 3.05) is 13.7 Å². The van der Waals surface area contributed by atoms with Crippen LogP contribution < -0.4 is 10.5 Å². The summed E-state index contributed by atoms with van der Waals surface area (Å²) in [6, 6.07) is 12.9. The molecule has 0 radical (unpaired) electrons. The number of halogens is 2. The third-order valence-electron chi connectivity index (χ3n) is 4.40. The molecule has 0 atom stereocenters. The molecule has 2 N–H and O–H groups in total. The number of azo groups is 1. The van der Waals surface area contributed by atoms with Crippen LogP contribution >= 0.6 is 0 Å². The Morgan fingerprint density at radius 3 is 2.56 bits per heavy atom. The number of pyridine rings is 1. The van der Waals surface area contributed by atoms with Crippen LogP contribution in [0.25, 0.3) is 17.0 Å². The van der Waals surface area contributed by atoms with E-state index in [-0.39, 0.29) is 18.1 Å². The molecule has 8 nitrogen and oxygen atoms in total. The van der Waals surface area contributed by atoms with E-state index in [2.05, 4.69) is 25.4 Å². The van der Waals surface area contributed by atoms with Gasteiger partial charge >= 0.3 is 0 Å². The van der Waals surface area contributed by atoms with Gasteiger partial charge in [-0.25, -0.2) is 8.78 Å². The molecule has 0 aliphatic carbocycles. The quantitative estimate of drug-likeness (QED) is 0.521. The summed E-state index contributed by atoms with van der Waals surface area (Å²) >= 11 is 0. The molecule has 3 aromatic rings. The van der Waals surface area contributed by atoms with Crippen LogP contribution in [0.15, 0.2) is 70.5 Å². The summed E-state index contributed by atoms with van der Waals surface area (Å²) in [4.78, 5) is 15.4. The Hall–Kier alpha value is -4.08. The molecule has 0 saturated carbocycles. The first-order valence-electron chi connectivity index (χ1n) is 9.50. The van der Waals surface area contributed by atoms with Gasteiger partial charge in [0.1, 0.15) is 12.3 Å². The standard InChI is InChI=1S/C22H20F2N6O2/c1-13(20(30-26-2)18-7-6-16(11-27-18)21(23)24)12-32-19-9-8-17(28-29-19)14-4-3-5-15(10-14)22(25)31/h3-11,21H,12H2,1-2H3,(H2,25,31)/b20-13+,30-26-. The molecule has 1 amide bonds. The van der Waals surface area contributed by atoms with Crippen LogP contribution in [0.3, 0.4) is 0 Å². The summed E-state index contributed by atoms with van der Waals surface area (Å²) in [7, 11) is 1.50. The number of nitrogens with two attached hydrogens (primary N) is 1. The Kier molecular flexibility index (Phi) is 7.27. The Balaban J connectivity index is 1.74. The lowest BCUT2D eigenvalue weighted by Crippen LogP contribution is -2.10. The molecule has 164 valence electrons. The number of carbonyl (C=O) groups excluding carboxylic acids is 1. The number of amides is 1. The molecule has 0 fully saturated rings. The van der Waals surface area contributed by atoms with E-state index in [0.29, 0.717) is 33.8 Å². The lowest BCUT2D eigenvalue weighted by molar-refractivity contribution is 0.1000. The zero-order chi connectivity index (χ0) is 23.1. The highest BCUT2D eigenvalue weighted by atomic mass is 19.3. The number of hydrogen-bond donors (Lipinski definition) is 1. The number of ether oxygens (including phenoxy) is 1. The monoisotopic (exact) mass is 438 g/mol. The van der Waals surface area contributed by atoms with Gasteiger partial charge in [0.25, 0.3) is 6.43 Å². The first-order chi connectivity index (χ1) is 15.4. The number of nitrogens with zero attached hydrogens (tertiary/aromatic N) is 5. The van der Waals surface area contributed by atoms with Crippen LogP contribution in [-0.4, -0.2) is 34.7 Å². The molecule has 0 saturated heterocycles. The van der Waals surface area contributed by atoms with Crippen molar-refractivity contribution in [2.24, 2.45) is 16.0 Å². The van der Waals surface area contributed by atoms with E-state index in [9.17, 15) is 13.6 Å². The lowest BCUT2D eigenvalue weighted by atomic mass is 10.1. The molecule has 0 unspecified atom stereocenters. The SMILES string of the molecule is C/N=N\C(=C(/C)COc1ccc(-c2cccc(C(N)=O)c2)nn1)c1ccc(C(F)F)cn1. The number of primary amides is 1. The van der Waals surface area contributed by atoms with Gasteiger partial charge in [0.15, 0.2) is 0 Å². The number of carbonyl (C=O) groups is 1. The van der Waals surface area contributed by atoms with Crippen molar-refractivity contribution in [2.45, 2.75) is 13.3 Å². The molecule has 2 aromatic heterocycles. The van der Waals surface area contributed by atoms with E-state index < -0.39 is 12.3 Å². The van der Waals surface area contributed by atoms with Crippen molar-refractivity contribution in [3.8, 4) is 17.1 Å². The predicted octanol–water partition coefficient (Wildman–Crippen LogP) is 4.47. The van der Waals surface area contributed by atoms with Gasteiger partial charge in [0.2, 0.25) is 11.8 Å². The topological polar surface area (TPSA) is 116 Å². The minimum Gasteiger partial charge on any atom is -0.472 e. The maximum Gasteiger partial charge on any atom is 0.265 e. The third kappa shape index (κ3) is 5.54. The highest BCUT2D eigenvalue weighted by Crippen LogP contribution is 2.24. The first-order valence-corrected chi connectivity index (χ1v) is 9.50. The van der Waals surface area contributed by atoms with E-state index in [0.717, 1.165) is 6.20 Å². The van der Waals surface area contributed by atoms with E-state index in [1.807, 2.05) is 0 Å². The zero-order valence-corrected chi connectivity index (χ0v) is 17.4. The molecular weight excluding hydrogens is 418 g/mol. The van der Waals surface area contributed by atoms with Crippen molar-refractivity contribution >= 4 is 11.6 Å².